The molecule has 2 aromatic rings. The van der Waals surface area contributed by atoms with Gasteiger partial charge in [-0.25, -0.2) is 13.4 Å². The molecular formula is C21H29N3O2S. The highest BCUT2D eigenvalue weighted by Gasteiger charge is 2.22. The van der Waals surface area contributed by atoms with Crippen LogP contribution in [0.5, 0.6) is 0 Å². The van der Waals surface area contributed by atoms with Gasteiger partial charge in [-0.05, 0) is 18.4 Å². The molecule has 1 heterocycles. The third kappa shape index (κ3) is 5.91. The highest BCUT2D eigenvalue weighted by Crippen LogP contribution is 2.17. The van der Waals surface area contributed by atoms with Crippen LogP contribution in [0.25, 0.3) is 0 Å². The summed E-state index contributed by atoms with van der Waals surface area (Å²) in [6.07, 6.45) is 7.10. The number of hydrogen-bond acceptors (Lipinski definition) is 4. The summed E-state index contributed by atoms with van der Waals surface area (Å²) in [5, 5.41) is 0.171. The maximum absolute atomic E-state index is 12.5. The average Bonchev–Trinajstić information content (AvgIpc) is 3.06. The highest BCUT2D eigenvalue weighted by molar-refractivity contribution is 7.91. The van der Waals surface area contributed by atoms with Crippen LogP contribution in [0.15, 0.2) is 67.0 Å². The monoisotopic (exact) mass is 387 g/mol. The van der Waals surface area contributed by atoms with Gasteiger partial charge in [0, 0.05) is 26.2 Å². The van der Waals surface area contributed by atoms with E-state index in [4.69, 9.17) is 0 Å². The number of benzene rings is 1. The molecular weight excluding hydrogens is 358 g/mol. The van der Waals surface area contributed by atoms with Crippen molar-refractivity contribution in [2.75, 3.05) is 18.8 Å². The molecule has 0 N–H and O–H groups in total. The molecule has 0 radical (unpaired) electrons. The molecule has 27 heavy (non-hydrogen) atoms. The van der Waals surface area contributed by atoms with Gasteiger partial charge < -0.3 is 4.57 Å². The van der Waals surface area contributed by atoms with E-state index in [1.807, 2.05) is 34.9 Å². The Bertz CT molecular complexity index is 832. The Balaban J connectivity index is 2.22. The summed E-state index contributed by atoms with van der Waals surface area (Å²) in [4.78, 5) is 6.40. The van der Waals surface area contributed by atoms with E-state index in [-0.39, 0.29) is 10.9 Å². The zero-order chi connectivity index (χ0) is 19.7. The Morgan fingerprint density at radius 1 is 1.15 bits per heavy atom. The van der Waals surface area contributed by atoms with Crippen molar-refractivity contribution in [2.45, 2.75) is 38.0 Å². The van der Waals surface area contributed by atoms with Crippen molar-refractivity contribution in [1.82, 2.24) is 14.5 Å². The second-order valence-corrected chi connectivity index (χ2v) is 8.62. The first-order chi connectivity index (χ1) is 13.0. The normalized spacial score (nSPS) is 11.6. The third-order valence-electron chi connectivity index (χ3n) is 4.41. The smallest absolute Gasteiger partial charge is 0.227 e. The Labute approximate surface area is 163 Å². The van der Waals surface area contributed by atoms with Crippen LogP contribution in [0.3, 0.4) is 0 Å². The van der Waals surface area contributed by atoms with E-state index >= 15 is 0 Å². The van der Waals surface area contributed by atoms with Crippen LogP contribution in [0.1, 0.15) is 24.6 Å². The molecule has 0 saturated carbocycles. The van der Waals surface area contributed by atoms with Crippen LogP contribution >= 0.6 is 0 Å². The minimum absolute atomic E-state index is 0.0468. The fourth-order valence-electron chi connectivity index (χ4n) is 3.02. The Hall–Kier alpha value is -2.18. The first-order valence-corrected chi connectivity index (χ1v) is 10.9. The Kier molecular flexibility index (Phi) is 8.00. The fourth-order valence-corrected chi connectivity index (χ4v) is 4.03. The molecule has 0 fully saturated rings. The van der Waals surface area contributed by atoms with Crippen LogP contribution < -0.4 is 0 Å². The summed E-state index contributed by atoms with van der Waals surface area (Å²) >= 11 is 0. The molecule has 0 saturated heterocycles. The van der Waals surface area contributed by atoms with Gasteiger partial charge in [-0.1, -0.05) is 49.4 Å². The van der Waals surface area contributed by atoms with Crippen molar-refractivity contribution in [3.05, 3.63) is 73.1 Å². The van der Waals surface area contributed by atoms with Crippen molar-refractivity contribution < 1.29 is 8.42 Å². The lowest BCUT2D eigenvalue weighted by atomic mass is 10.1. The van der Waals surface area contributed by atoms with Gasteiger partial charge in [-0.15, -0.1) is 13.2 Å². The number of rotatable bonds is 12. The van der Waals surface area contributed by atoms with Crippen molar-refractivity contribution in [2.24, 2.45) is 0 Å². The Morgan fingerprint density at radius 2 is 1.81 bits per heavy atom. The zero-order valence-corrected chi connectivity index (χ0v) is 16.9. The van der Waals surface area contributed by atoms with Crippen molar-refractivity contribution in [3.8, 4) is 0 Å². The third-order valence-corrected chi connectivity index (χ3v) is 6.05. The van der Waals surface area contributed by atoms with E-state index < -0.39 is 9.84 Å². The van der Waals surface area contributed by atoms with E-state index in [2.05, 4.69) is 35.2 Å². The standard InChI is InChI=1S/C21H29N3O2S/c1-4-14-23(15-5-2)18-20-17-22-21(27(25,26)6-3)24(20)16-10-13-19-11-8-7-9-12-19/h4-5,7-9,11-12,17H,1-2,6,10,13-16,18H2,3H3. The number of hydrogen-bond donors (Lipinski definition) is 0. The molecule has 0 aliphatic rings. The minimum atomic E-state index is -3.37. The number of imidazole rings is 1. The quantitative estimate of drug-likeness (QED) is 0.523. The maximum atomic E-state index is 12.5. The molecule has 0 spiro atoms. The lowest BCUT2D eigenvalue weighted by Crippen LogP contribution is -2.25. The molecule has 0 atom stereocenters. The van der Waals surface area contributed by atoms with Gasteiger partial charge in [-0.2, -0.15) is 0 Å². The van der Waals surface area contributed by atoms with E-state index in [0.29, 0.717) is 26.2 Å². The van der Waals surface area contributed by atoms with E-state index in [1.54, 1.807) is 13.1 Å². The molecule has 6 heteroatoms. The number of sulfone groups is 1. The number of nitrogens with zero attached hydrogens (tertiary/aromatic N) is 3. The van der Waals surface area contributed by atoms with Crippen LogP contribution in [-0.2, 0) is 29.3 Å². The van der Waals surface area contributed by atoms with Gasteiger partial charge in [0.2, 0.25) is 15.0 Å². The van der Waals surface area contributed by atoms with Gasteiger partial charge in [0.25, 0.3) is 0 Å². The minimum Gasteiger partial charge on any atom is -0.318 e. The predicted molar refractivity (Wildman–Crippen MR) is 110 cm³/mol. The lowest BCUT2D eigenvalue weighted by molar-refractivity contribution is 0.315. The molecule has 5 nitrogen and oxygen atoms in total. The zero-order valence-electron chi connectivity index (χ0n) is 16.0. The predicted octanol–water partition coefficient (Wildman–Crippen LogP) is 3.48. The van der Waals surface area contributed by atoms with Crippen LogP contribution in [-0.4, -0.2) is 41.7 Å². The molecule has 1 aromatic heterocycles. The largest absolute Gasteiger partial charge is 0.318 e. The summed E-state index contributed by atoms with van der Waals surface area (Å²) in [5.41, 5.74) is 2.15. The first-order valence-electron chi connectivity index (χ1n) is 9.27. The second-order valence-electron chi connectivity index (χ2n) is 6.45. The van der Waals surface area contributed by atoms with Crippen molar-refractivity contribution in [1.29, 1.82) is 0 Å². The summed E-state index contributed by atoms with van der Waals surface area (Å²) in [6, 6.07) is 10.2. The topological polar surface area (TPSA) is 55.2 Å². The molecule has 1 aromatic carbocycles. The molecule has 0 aliphatic heterocycles. The van der Waals surface area contributed by atoms with Gasteiger partial charge in [-0.3, -0.25) is 4.90 Å². The number of aromatic nitrogens is 2. The molecule has 0 bridgehead atoms. The van der Waals surface area contributed by atoms with E-state index in [1.165, 1.54) is 5.56 Å². The van der Waals surface area contributed by atoms with Crippen LogP contribution in [0.4, 0.5) is 0 Å². The van der Waals surface area contributed by atoms with Gasteiger partial charge in [0.15, 0.2) is 0 Å². The van der Waals surface area contributed by atoms with Crippen molar-refractivity contribution in [3.63, 3.8) is 0 Å². The molecule has 0 unspecified atom stereocenters. The summed E-state index contributed by atoms with van der Waals surface area (Å²) in [6.45, 7) is 11.9. The summed E-state index contributed by atoms with van der Waals surface area (Å²) < 4.78 is 26.8. The first kappa shape index (κ1) is 21.1. The lowest BCUT2D eigenvalue weighted by Gasteiger charge is -2.20. The van der Waals surface area contributed by atoms with Crippen LogP contribution in [0, 0.1) is 0 Å². The van der Waals surface area contributed by atoms with Gasteiger partial charge in [0.05, 0.1) is 17.6 Å². The maximum Gasteiger partial charge on any atom is 0.227 e. The van der Waals surface area contributed by atoms with E-state index in [9.17, 15) is 8.42 Å². The number of aryl methyl sites for hydroxylation is 1. The fraction of sp³-hybridized carbons (Fsp3) is 0.381. The van der Waals surface area contributed by atoms with Gasteiger partial charge in [0.1, 0.15) is 0 Å². The molecule has 146 valence electrons. The molecule has 0 aliphatic carbocycles. The van der Waals surface area contributed by atoms with E-state index in [0.717, 1.165) is 18.5 Å². The van der Waals surface area contributed by atoms with Crippen molar-refractivity contribution >= 4 is 9.84 Å². The molecule has 0 amide bonds. The van der Waals surface area contributed by atoms with Gasteiger partial charge >= 0.3 is 0 Å². The molecule has 2 rings (SSSR count). The summed E-state index contributed by atoms with van der Waals surface area (Å²) in [7, 11) is -3.37. The van der Waals surface area contributed by atoms with Crippen LogP contribution in [0.2, 0.25) is 0 Å². The Morgan fingerprint density at radius 3 is 2.41 bits per heavy atom. The SMILES string of the molecule is C=CCN(CC=C)Cc1cnc(S(=O)(=O)CC)n1CCCc1ccccc1. The highest BCUT2D eigenvalue weighted by atomic mass is 32.2. The summed E-state index contributed by atoms with van der Waals surface area (Å²) in [5.74, 6) is 0.0468. The average molecular weight is 388 g/mol. The second kappa shape index (κ2) is 10.2.